The van der Waals surface area contributed by atoms with Gasteiger partial charge in [-0.2, -0.15) is 0 Å². The normalized spacial score (nSPS) is 14.3. The number of aromatic hydroxyl groups is 1. The summed E-state index contributed by atoms with van der Waals surface area (Å²) in [6, 6.07) is 2.94. The smallest absolute Gasteiger partial charge is 0.277 e. The number of halogens is 2. The van der Waals surface area contributed by atoms with E-state index < -0.39 is 34.6 Å². The van der Waals surface area contributed by atoms with Gasteiger partial charge >= 0.3 is 0 Å². The molecule has 0 aliphatic carbocycles. The molecule has 1 atom stereocenters. The van der Waals surface area contributed by atoms with E-state index in [-0.39, 0.29) is 36.0 Å². The number of carbonyl (C=O) groups is 2. The maximum atomic E-state index is 13.8. The summed E-state index contributed by atoms with van der Waals surface area (Å²) in [5.41, 5.74) is -1.55. The minimum absolute atomic E-state index is 0.0363. The van der Waals surface area contributed by atoms with Crippen LogP contribution in [0.2, 0.25) is 0 Å². The largest absolute Gasteiger partial charge is 0.502 e. The highest BCUT2D eigenvalue weighted by Gasteiger charge is 2.34. The average molecular weight is 448 g/mol. The highest BCUT2D eigenvalue weighted by molar-refractivity contribution is 5.99. The first-order chi connectivity index (χ1) is 15.2. The van der Waals surface area contributed by atoms with Crippen molar-refractivity contribution in [3.8, 4) is 5.75 Å². The highest BCUT2D eigenvalue weighted by Crippen LogP contribution is 2.22. The van der Waals surface area contributed by atoms with Gasteiger partial charge in [-0.1, -0.05) is 26.3 Å². The van der Waals surface area contributed by atoms with Gasteiger partial charge in [-0.05, 0) is 18.9 Å². The second kappa shape index (κ2) is 9.37. The summed E-state index contributed by atoms with van der Waals surface area (Å²) in [5, 5.41) is 14.7. The molecule has 8 nitrogen and oxygen atoms in total. The molecule has 1 aromatic heterocycles. The molecule has 2 N–H and O–H groups in total. The molecule has 2 aromatic rings. The molecule has 0 radical (unpaired) electrons. The summed E-state index contributed by atoms with van der Waals surface area (Å²) < 4.78 is 28.3. The lowest BCUT2D eigenvalue weighted by molar-refractivity contribution is 0.0692. The van der Waals surface area contributed by atoms with E-state index in [1.165, 1.54) is 21.8 Å². The number of nitrogens with zero attached hydrogens (tertiary/aromatic N) is 3. The van der Waals surface area contributed by atoms with Crippen LogP contribution in [0.3, 0.4) is 0 Å². The van der Waals surface area contributed by atoms with Crippen molar-refractivity contribution in [1.82, 2.24) is 14.9 Å². The number of benzene rings is 1. The summed E-state index contributed by atoms with van der Waals surface area (Å²) in [6.07, 6.45) is 2.09. The number of rotatable bonds is 7. The Balaban J connectivity index is 1.97. The molecule has 172 valence electrons. The molecule has 2 amide bonds. The van der Waals surface area contributed by atoms with Crippen LogP contribution in [0, 0.1) is 17.6 Å². The molecule has 0 saturated carbocycles. The van der Waals surface area contributed by atoms with E-state index in [0.29, 0.717) is 19.2 Å². The van der Waals surface area contributed by atoms with Crippen LogP contribution in [0.4, 0.5) is 8.78 Å². The van der Waals surface area contributed by atoms with E-state index in [0.717, 1.165) is 12.5 Å². The summed E-state index contributed by atoms with van der Waals surface area (Å²) in [4.78, 5) is 39.7. The van der Waals surface area contributed by atoms with Gasteiger partial charge < -0.3 is 15.3 Å². The Kier molecular flexibility index (Phi) is 6.81. The van der Waals surface area contributed by atoms with Crippen molar-refractivity contribution in [3.05, 3.63) is 63.1 Å². The minimum Gasteiger partial charge on any atom is -0.502 e. The van der Waals surface area contributed by atoms with Gasteiger partial charge in [0.2, 0.25) is 5.43 Å². The number of fused-ring (bicyclic) bond motifs is 1. The lowest BCUT2D eigenvalue weighted by atomic mass is 10.1. The summed E-state index contributed by atoms with van der Waals surface area (Å²) in [7, 11) is 0. The Hall–Kier alpha value is -3.43. The second-order valence-electron chi connectivity index (χ2n) is 7.84. The average Bonchev–Trinajstić information content (AvgIpc) is 2.76. The van der Waals surface area contributed by atoms with Crippen molar-refractivity contribution >= 4 is 11.8 Å². The summed E-state index contributed by atoms with van der Waals surface area (Å²) in [5.74, 6) is -3.51. The van der Waals surface area contributed by atoms with Crippen molar-refractivity contribution in [1.29, 1.82) is 0 Å². The molecular formula is C22H26F2N4O4. The van der Waals surface area contributed by atoms with Crippen LogP contribution in [-0.2, 0) is 6.54 Å². The SMILES string of the molecule is CC[C@@H](C)CN1CN(CC)C(=O)c2c(O)c(=O)c(C(=O)NCc3ccc(F)cc3F)cn21. The number of carbonyl (C=O) groups excluding carboxylic acids is 2. The van der Waals surface area contributed by atoms with Crippen LogP contribution in [0.5, 0.6) is 5.75 Å². The topological polar surface area (TPSA) is 94.9 Å². The summed E-state index contributed by atoms with van der Waals surface area (Å²) >= 11 is 0. The van der Waals surface area contributed by atoms with Crippen LogP contribution >= 0.6 is 0 Å². The molecule has 0 spiro atoms. The van der Waals surface area contributed by atoms with Gasteiger partial charge in [0.15, 0.2) is 11.4 Å². The van der Waals surface area contributed by atoms with Crippen molar-refractivity contribution in [2.24, 2.45) is 5.92 Å². The van der Waals surface area contributed by atoms with Crippen LogP contribution in [0.1, 0.15) is 53.6 Å². The van der Waals surface area contributed by atoms with Crippen LogP contribution in [0.25, 0.3) is 0 Å². The number of pyridine rings is 1. The van der Waals surface area contributed by atoms with E-state index >= 15 is 0 Å². The molecule has 0 saturated heterocycles. The maximum Gasteiger partial charge on any atom is 0.277 e. The number of nitrogens with one attached hydrogen (secondary N) is 1. The molecule has 10 heteroatoms. The third-order valence-electron chi connectivity index (χ3n) is 5.59. The summed E-state index contributed by atoms with van der Waals surface area (Å²) in [6.45, 7) is 6.70. The van der Waals surface area contributed by atoms with Gasteiger partial charge in [-0.25, -0.2) is 8.78 Å². The standard InChI is InChI=1S/C22H26F2N4O4/c1-4-13(3)10-27-12-26(5-2)22(32)18-20(30)19(29)16(11-28(18)27)21(31)25-9-14-6-7-15(23)8-17(14)24/h6-8,11,13,30H,4-5,9-10,12H2,1-3H3,(H,25,31)/t13-/m1/s1. The molecule has 1 aliphatic rings. The van der Waals surface area contributed by atoms with Gasteiger partial charge in [0.05, 0.1) is 0 Å². The Morgan fingerprint density at radius 1 is 1.25 bits per heavy atom. The quantitative estimate of drug-likeness (QED) is 0.677. The lowest BCUT2D eigenvalue weighted by Gasteiger charge is -2.40. The molecule has 32 heavy (non-hydrogen) atoms. The van der Waals surface area contributed by atoms with Gasteiger partial charge in [0.1, 0.15) is 23.9 Å². The number of amides is 2. The van der Waals surface area contributed by atoms with Crippen LogP contribution in [-0.4, -0.2) is 46.3 Å². The van der Waals surface area contributed by atoms with Gasteiger partial charge in [-0.3, -0.25) is 24.1 Å². The Labute approximate surface area is 184 Å². The molecule has 3 rings (SSSR count). The molecule has 1 aliphatic heterocycles. The number of hydrogen-bond donors (Lipinski definition) is 2. The van der Waals surface area contributed by atoms with E-state index in [2.05, 4.69) is 5.32 Å². The fourth-order valence-corrected chi connectivity index (χ4v) is 3.47. The van der Waals surface area contributed by atoms with Crippen molar-refractivity contribution in [2.75, 3.05) is 24.8 Å². The highest BCUT2D eigenvalue weighted by atomic mass is 19.1. The van der Waals surface area contributed by atoms with Crippen molar-refractivity contribution in [2.45, 2.75) is 33.7 Å². The first kappa shape index (κ1) is 23.2. The van der Waals surface area contributed by atoms with Gasteiger partial charge in [-0.15, -0.1) is 0 Å². The molecule has 0 fully saturated rings. The predicted molar refractivity (Wildman–Crippen MR) is 114 cm³/mol. The van der Waals surface area contributed by atoms with Gasteiger partial charge in [0, 0.05) is 37.5 Å². The Bertz CT molecular complexity index is 1100. The van der Waals surface area contributed by atoms with Gasteiger partial charge in [0.25, 0.3) is 11.8 Å². The molecule has 1 aromatic carbocycles. The lowest BCUT2D eigenvalue weighted by Crippen LogP contribution is -2.55. The first-order valence-corrected chi connectivity index (χ1v) is 10.4. The fraction of sp³-hybridized carbons (Fsp3) is 0.409. The number of aromatic nitrogens is 1. The zero-order valence-corrected chi connectivity index (χ0v) is 18.2. The molecule has 2 heterocycles. The van der Waals surface area contributed by atoms with Crippen molar-refractivity contribution in [3.63, 3.8) is 0 Å². The second-order valence-corrected chi connectivity index (χ2v) is 7.84. The Morgan fingerprint density at radius 2 is 1.97 bits per heavy atom. The monoisotopic (exact) mass is 448 g/mol. The predicted octanol–water partition coefficient (Wildman–Crippen LogP) is 2.18. The third kappa shape index (κ3) is 4.44. The zero-order valence-electron chi connectivity index (χ0n) is 18.2. The van der Waals surface area contributed by atoms with Crippen molar-refractivity contribution < 1.29 is 23.5 Å². The molecule has 0 bridgehead atoms. The third-order valence-corrected chi connectivity index (χ3v) is 5.59. The molecular weight excluding hydrogens is 422 g/mol. The minimum atomic E-state index is -0.997. The maximum absolute atomic E-state index is 13.8. The molecule has 0 unspecified atom stereocenters. The zero-order chi connectivity index (χ0) is 23.6. The first-order valence-electron chi connectivity index (χ1n) is 10.4. The van der Waals surface area contributed by atoms with Crippen LogP contribution in [0.15, 0.2) is 29.2 Å². The Morgan fingerprint density at radius 3 is 2.59 bits per heavy atom. The van der Waals surface area contributed by atoms with E-state index in [1.54, 1.807) is 11.9 Å². The van der Waals surface area contributed by atoms with E-state index in [1.807, 2.05) is 13.8 Å². The van der Waals surface area contributed by atoms with Crippen LogP contribution < -0.4 is 15.8 Å². The van der Waals surface area contributed by atoms with E-state index in [4.69, 9.17) is 0 Å². The van der Waals surface area contributed by atoms with E-state index in [9.17, 15) is 28.3 Å². The fourth-order valence-electron chi connectivity index (χ4n) is 3.47. The number of hydrogen-bond acceptors (Lipinski definition) is 5.